The molecule has 3 amide bonds. The summed E-state index contributed by atoms with van der Waals surface area (Å²) in [5.74, 6) is 0.781. The van der Waals surface area contributed by atoms with Gasteiger partial charge in [0.25, 0.3) is 5.91 Å². The van der Waals surface area contributed by atoms with Gasteiger partial charge in [0.1, 0.15) is 11.2 Å². The third-order valence-corrected chi connectivity index (χ3v) is 14.8. The molecule has 12 rings (SSSR count). The topological polar surface area (TPSA) is 116 Å². The Morgan fingerprint density at radius 1 is 0.895 bits per heavy atom. The summed E-state index contributed by atoms with van der Waals surface area (Å²) in [6.07, 6.45) is 12.1. The lowest BCUT2D eigenvalue weighted by atomic mass is 9.42. The van der Waals surface area contributed by atoms with Gasteiger partial charge in [-0.05, 0) is 126 Å². The fourth-order valence-electron chi connectivity index (χ4n) is 11.4. The van der Waals surface area contributed by atoms with Crippen LogP contribution in [0.5, 0.6) is 0 Å². The normalized spacial score (nSPS) is 28.8. The number of rotatable bonds is 8. The molecule has 2 N–H and O–H groups in total. The van der Waals surface area contributed by atoms with Crippen LogP contribution in [0.4, 0.5) is 21.6 Å². The first-order valence-corrected chi connectivity index (χ1v) is 21.3. The predicted molar refractivity (Wildman–Crippen MR) is 216 cm³/mol. The van der Waals surface area contributed by atoms with Gasteiger partial charge in [0.05, 0.1) is 28.4 Å². The summed E-state index contributed by atoms with van der Waals surface area (Å²) in [7, 11) is 1.64. The second kappa shape index (κ2) is 12.6. The van der Waals surface area contributed by atoms with Gasteiger partial charge >= 0.3 is 0 Å². The number of anilines is 3. The van der Waals surface area contributed by atoms with E-state index in [-0.39, 0.29) is 23.8 Å². The average molecular weight is 771 g/mol. The lowest BCUT2D eigenvalue weighted by Crippen LogP contribution is -2.71. The van der Waals surface area contributed by atoms with Gasteiger partial charge < -0.3 is 29.9 Å². The summed E-state index contributed by atoms with van der Waals surface area (Å²) in [5, 5.41) is 6.31. The number of halogens is 1. The predicted octanol–water partition coefficient (Wildman–Crippen LogP) is 6.96. The number of aryl methyl sites for hydroxylation is 1. The average Bonchev–Trinajstić information content (AvgIpc) is 3.90. The monoisotopic (exact) mass is 770 g/mol. The SMILES string of the molecule is CNC(=O)c1cc(Nc2nc(-c3ccc4c(c3)N([C@H]3C[C@@H](N5CCCCC5)C3)C(=O)C43CCN(C(=O)C45CC(F)(C4)C5)CC3)cc3ncn(C4CC4)c23)ccc1C. The van der Waals surface area contributed by atoms with Crippen LogP contribution in [-0.4, -0.2) is 93.0 Å². The van der Waals surface area contributed by atoms with E-state index in [1.54, 1.807) is 7.05 Å². The van der Waals surface area contributed by atoms with Crippen LogP contribution in [0.15, 0.2) is 48.8 Å². The van der Waals surface area contributed by atoms with Gasteiger partial charge in [-0.2, -0.15) is 0 Å². The maximum absolute atomic E-state index is 15.0. The highest BCUT2D eigenvalue weighted by molar-refractivity contribution is 6.09. The Balaban J connectivity index is 0.948. The zero-order chi connectivity index (χ0) is 38.8. The second-order valence-corrected chi connectivity index (χ2v) is 18.5. The van der Waals surface area contributed by atoms with Crippen molar-refractivity contribution in [1.82, 2.24) is 29.7 Å². The zero-order valence-electron chi connectivity index (χ0n) is 33.0. The number of hydrogen-bond donors (Lipinski definition) is 2. The molecule has 0 unspecified atom stereocenters. The van der Waals surface area contributed by atoms with Crippen molar-refractivity contribution in [3.8, 4) is 11.3 Å². The molecule has 5 aliphatic carbocycles. The largest absolute Gasteiger partial charge is 0.355 e. The number of benzene rings is 2. The van der Waals surface area contributed by atoms with E-state index in [1.165, 1.54) is 19.3 Å². The summed E-state index contributed by atoms with van der Waals surface area (Å²) < 4.78 is 16.6. The quantitative estimate of drug-likeness (QED) is 0.199. The summed E-state index contributed by atoms with van der Waals surface area (Å²) in [5.41, 5.74) is 5.38. The van der Waals surface area contributed by atoms with Gasteiger partial charge in [0.2, 0.25) is 11.8 Å². The molecule has 1 spiro atoms. The smallest absolute Gasteiger partial charge is 0.251 e. The molecule has 0 atom stereocenters. The van der Waals surface area contributed by atoms with Crippen molar-refractivity contribution in [3.63, 3.8) is 0 Å². The molecule has 5 saturated carbocycles. The first-order chi connectivity index (χ1) is 27.6. The highest BCUT2D eigenvalue weighted by Crippen LogP contribution is 2.70. The first kappa shape index (κ1) is 35.3. The number of piperidine rings is 2. The minimum Gasteiger partial charge on any atom is -0.355 e. The Labute approximate surface area is 332 Å². The van der Waals surface area contributed by atoms with Gasteiger partial charge in [0, 0.05) is 60.8 Å². The number of alkyl halides is 1. The molecule has 8 aliphatic rings. The maximum atomic E-state index is 15.0. The number of hydrogen-bond acceptors (Lipinski definition) is 7. The lowest BCUT2D eigenvalue weighted by molar-refractivity contribution is -0.222. The van der Waals surface area contributed by atoms with Crippen LogP contribution in [0, 0.1) is 12.3 Å². The van der Waals surface area contributed by atoms with Crippen molar-refractivity contribution in [1.29, 1.82) is 0 Å². The first-order valence-electron chi connectivity index (χ1n) is 21.3. The third-order valence-electron chi connectivity index (χ3n) is 14.8. The number of aromatic nitrogens is 3. The van der Waals surface area contributed by atoms with Gasteiger partial charge in [0.15, 0.2) is 5.82 Å². The molecule has 7 fully saturated rings. The van der Waals surface area contributed by atoms with Gasteiger partial charge in [-0.15, -0.1) is 0 Å². The van der Waals surface area contributed by atoms with E-state index >= 15 is 4.79 Å². The van der Waals surface area contributed by atoms with Crippen LogP contribution in [0.1, 0.15) is 105 Å². The van der Waals surface area contributed by atoms with Crippen LogP contribution >= 0.6 is 0 Å². The standard InChI is InChI=1S/C45H51FN8O3/c1-27-6-8-29(19-33(27)40(55)47-2)49-39-38-36(48-26-53(38)30-9-10-30)22-35(50-39)28-7-11-34-37(18-28)54(32-20-31(21-32)51-14-4-3-5-15-51)42(57)45(34)12-16-52(17-13-45)41(56)43-23-44(46,24-43)25-43/h6-8,11,18-19,22,26,30-32H,3-5,9-10,12-17,20-21,23-25H2,1-2H3,(H,47,55)(H,49,50)/t31-,32+,43?,44?. The number of nitrogens with zero attached hydrogens (tertiary/aromatic N) is 6. The molecule has 2 aromatic heterocycles. The Morgan fingerprint density at radius 2 is 1.65 bits per heavy atom. The highest BCUT2D eigenvalue weighted by Gasteiger charge is 2.73. The molecule has 2 aromatic carbocycles. The van der Waals surface area contributed by atoms with E-state index in [0.717, 1.165) is 83.6 Å². The molecule has 2 saturated heterocycles. The van der Waals surface area contributed by atoms with Crippen LogP contribution in [0.25, 0.3) is 22.3 Å². The summed E-state index contributed by atoms with van der Waals surface area (Å²) >= 11 is 0. The number of likely N-dealkylation sites (tertiary alicyclic amines) is 2. The number of pyridine rings is 1. The van der Waals surface area contributed by atoms with Gasteiger partial charge in [-0.1, -0.05) is 24.6 Å². The molecular formula is C45H51FN8O3. The fraction of sp³-hybridized carbons (Fsp3) is 0.533. The van der Waals surface area contributed by atoms with Crippen LogP contribution in [0.3, 0.4) is 0 Å². The fourth-order valence-corrected chi connectivity index (χ4v) is 11.4. The summed E-state index contributed by atoms with van der Waals surface area (Å²) in [6.45, 7) is 5.24. The Bertz CT molecular complexity index is 2330. The van der Waals surface area contributed by atoms with Crippen molar-refractivity contribution in [2.75, 3.05) is 43.4 Å². The number of nitrogens with one attached hydrogen (secondary N) is 2. The second-order valence-electron chi connectivity index (χ2n) is 18.5. The van der Waals surface area contributed by atoms with Crippen molar-refractivity contribution in [2.45, 2.75) is 113 Å². The molecular weight excluding hydrogens is 720 g/mol. The third kappa shape index (κ3) is 5.41. The van der Waals surface area contributed by atoms with E-state index in [1.807, 2.05) is 36.4 Å². The van der Waals surface area contributed by atoms with Gasteiger partial charge in [-0.3, -0.25) is 14.4 Å². The number of carbonyl (C=O) groups is 3. The Morgan fingerprint density at radius 3 is 2.35 bits per heavy atom. The summed E-state index contributed by atoms with van der Waals surface area (Å²) in [4.78, 5) is 58.1. The molecule has 2 bridgehead atoms. The van der Waals surface area contributed by atoms with Gasteiger partial charge in [-0.25, -0.2) is 14.4 Å². The lowest BCUT2D eigenvalue weighted by Gasteiger charge is -2.65. The van der Waals surface area contributed by atoms with Crippen molar-refractivity contribution < 1.29 is 18.8 Å². The van der Waals surface area contributed by atoms with Crippen LogP contribution < -0.4 is 15.5 Å². The minimum absolute atomic E-state index is 0.0867. The Kier molecular flexibility index (Phi) is 7.80. The van der Waals surface area contributed by atoms with Crippen molar-refractivity contribution in [3.05, 3.63) is 65.5 Å². The van der Waals surface area contributed by atoms with E-state index in [4.69, 9.17) is 9.97 Å². The molecule has 11 nitrogen and oxygen atoms in total. The van der Waals surface area contributed by atoms with Crippen molar-refractivity contribution >= 4 is 45.9 Å². The van der Waals surface area contributed by atoms with E-state index < -0.39 is 16.5 Å². The number of amides is 3. The minimum atomic E-state index is -1.12. The summed E-state index contributed by atoms with van der Waals surface area (Å²) in [6, 6.07) is 15.3. The van der Waals surface area contributed by atoms with Crippen LogP contribution in [0.2, 0.25) is 0 Å². The molecule has 3 aliphatic heterocycles. The van der Waals surface area contributed by atoms with Crippen LogP contribution in [-0.2, 0) is 15.0 Å². The van der Waals surface area contributed by atoms with Crippen molar-refractivity contribution in [2.24, 2.45) is 5.41 Å². The molecule has 12 heteroatoms. The molecule has 5 heterocycles. The van der Waals surface area contributed by atoms with E-state index in [2.05, 4.69) is 49.3 Å². The molecule has 57 heavy (non-hydrogen) atoms. The number of imidazole rings is 1. The van der Waals surface area contributed by atoms with E-state index in [0.29, 0.717) is 68.7 Å². The Hall–Kier alpha value is -4.84. The van der Waals surface area contributed by atoms with E-state index in [9.17, 15) is 14.0 Å². The molecule has 4 aromatic rings. The highest BCUT2D eigenvalue weighted by atomic mass is 19.1. The zero-order valence-corrected chi connectivity index (χ0v) is 33.0. The number of carbonyl (C=O) groups excluding carboxylic acids is 3. The molecule has 296 valence electrons. The molecule has 0 radical (unpaired) electrons. The number of fused-ring (bicyclic) bond motifs is 3. The maximum Gasteiger partial charge on any atom is 0.251 e.